The maximum Gasteiger partial charge on any atom is 0.439 e. The third-order valence-corrected chi connectivity index (χ3v) is 7.63. The second-order valence-corrected chi connectivity index (χ2v) is 11.1. The number of aromatic nitrogens is 2. The van der Waals surface area contributed by atoms with E-state index in [9.17, 15) is 17.6 Å². The maximum atomic E-state index is 15.0. The van der Waals surface area contributed by atoms with E-state index in [0.717, 1.165) is 44.8 Å². The number of nitrogens with zero attached hydrogens (tertiary/aromatic N) is 2. The first-order valence-electron chi connectivity index (χ1n) is 11.0. The molecule has 2 aromatic carbocycles. The van der Waals surface area contributed by atoms with Gasteiger partial charge >= 0.3 is 6.11 Å². The third-order valence-electron chi connectivity index (χ3n) is 5.70. The van der Waals surface area contributed by atoms with Crippen LogP contribution in [0, 0.1) is 19.7 Å². The number of aryl methyl sites for hydroxylation is 2. The largest absolute Gasteiger partial charge is 0.439 e. The number of halogens is 6. The third kappa shape index (κ3) is 6.35. The van der Waals surface area contributed by atoms with Crippen LogP contribution in [-0.2, 0) is 12.0 Å². The zero-order valence-corrected chi connectivity index (χ0v) is 23.3. The standard InChI is InChI=1S/C26H21ClF4IN3OS/c1-15-16(2)37-24(34-15)35-25(13-17-6-4-3-5-7-17,22-9-8-19(27)14-33-22)18-10-20(28)12-21(11-18)36-26(30,31)23(29)32/h3-12,14,23H,13H2,1-2H3,(H,34,35). The minimum atomic E-state index is -4.16. The molecule has 1 N–H and O–H groups in total. The van der Waals surface area contributed by atoms with Gasteiger partial charge in [0.1, 0.15) is 17.1 Å². The highest BCUT2D eigenvalue weighted by Gasteiger charge is 2.43. The SMILES string of the molecule is Cc1nc(NC(Cc2ccccc2)(c2cc(F)cc(OC(F)(F)C(F)I)c2)c2ccc(Cl)cn2)sc1C. The number of hydrogen-bond acceptors (Lipinski definition) is 5. The van der Waals surface area contributed by atoms with E-state index in [1.807, 2.05) is 44.2 Å². The lowest BCUT2D eigenvalue weighted by Gasteiger charge is -2.36. The van der Waals surface area contributed by atoms with Gasteiger partial charge < -0.3 is 10.1 Å². The van der Waals surface area contributed by atoms with Crippen LogP contribution in [-0.4, -0.2) is 20.3 Å². The molecule has 0 saturated carbocycles. The van der Waals surface area contributed by atoms with Crippen LogP contribution in [0.5, 0.6) is 5.75 Å². The van der Waals surface area contributed by atoms with E-state index in [1.54, 1.807) is 12.1 Å². The first kappa shape index (κ1) is 27.6. The molecule has 0 aliphatic rings. The highest BCUT2D eigenvalue weighted by Crippen LogP contribution is 2.41. The van der Waals surface area contributed by atoms with Gasteiger partial charge in [-0.3, -0.25) is 4.98 Å². The van der Waals surface area contributed by atoms with Crippen LogP contribution in [0.15, 0.2) is 66.9 Å². The molecule has 0 spiro atoms. The Kier molecular flexibility index (Phi) is 8.29. The summed E-state index contributed by atoms with van der Waals surface area (Å²) in [6, 6.07) is 15.9. The Labute approximate surface area is 234 Å². The monoisotopic (exact) mass is 661 g/mol. The first-order valence-corrected chi connectivity index (χ1v) is 13.5. The van der Waals surface area contributed by atoms with Crippen LogP contribution in [0.2, 0.25) is 5.02 Å². The smallest absolute Gasteiger partial charge is 0.430 e. The molecule has 37 heavy (non-hydrogen) atoms. The van der Waals surface area contributed by atoms with Crippen LogP contribution in [0.25, 0.3) is 0 Å². The van der Waals surface area contributed by atoms with Gasteiger partial charge in [-0.1, -0.05) is 41.9 Å². The second kappa shape index (κ2) is 11.1. The summed E-state index contributed by atoms with van der Waals surface area (Å²) < 4.78 is 58.7. The number of thiazole rings is 1. The number of anilines is 1. The summed E-state index contributed by atoms with van der Waals surface area (Å²) in [5, 5.41) is 4.32. The highest BCUT2D eigenvalue weighted by atomic mass is 127. The number of ether oxygens (including phenoxy) is 1. The molecule has 0 bridgehead atoms. The molecule has 0 fully saturated rings. The maximum absolute atomic E-state index is 15.0. The van der Waals surface area contributed by atoms with E-state index in [-0.39, 0.29) is 12.0 Å². The number of nitrogens with one attached hydrogen (secondary N) is 1. The number of benzene rings is 2. The minimum absolute atomic E-state index is 0.228. The van der Waals surface area contributed by atoms with Crippen molar-refractivity contribution in [2.45, 2.75) is 36.1 Å². The summed E-state index contributed by atoms with van der Waals surface area (Å²) in [5.74, 6) is -1.37. The van der Waals surface area contributed by atoms with Crippen LogP contribution < -0.4 is 10.1 Å². The Hall–Kier alpha value is -2.44. The summed E-state index contributed by atoms with van der Waals surface area (Å²) in [4.78, 5) is 10.1. The van der Waals surface area contributed by atoms with E-state index in [0.29, 0.717) is 15.8 Å². The molecule has 0 aliphatic heterocycles. The van der Waals surface area contributed by atoms with E-state index in [4.69, 9.17) is 11.6 Å². The van der Waals surface area contributed by atoms with Gasteiger partial charge in [0.25, 0.3) is 4.18 Å². The summed E-state index contributed by atoms with van der Waals surface area (Å²) in [6.07, 6.45) is -2.48. The van der Waals surface area contributed by atoms with E-state index in [1.165, 1.54) is 29.7 Å². The van der Waals surface area contributed by atoms with Gasteiger partial charge in [-0.15, -0.1) is 11.3 Å². The molecule has 2 atom stereocenters. The lowest BCUT2D eigenvalue weighted by molar-refractivity contribution is -0.192. The summed E-state index contributed by atoms with van der Waals surface area (Å²) >= 11 is 8.42. The fourth-order valence-electron chi connectivity index (χ4n) is 3.83. The fraction of sp³-hybridized carbons (Fsp3) is 0.231. The Morgan fingerprint density at radius 1 is 1.11 bits per heavy atom. The number of hydrogen-bond donors (Lipinski definition) is 1. The average molecular weight is 662 g/mol. The van der Waals surface area contributed by atoms with Crippen molar-refractivity contribution in [1.82, 2.24) is 9.97 Å². The molecule has 2 aromatic heterocycles. The summed E-state index contributed by atoms with van der Waals surface area (Å²) in [7, 11) is 0. The normalized spacial score (nSPS) is 14.2. The van der Waals surface area contributed by atoms with Crippen molar-refractivity contribution in [3.63, 3.8) is 0 Å². The molecule has 194 valence electrons. The van der Waals surface area contributed by atoms with Gasteiger partial charge in [0.15, 0.2) is 5.13 Å². The van der Waals surface area contributed by atoms with Crippen LogP contribution >= 0.6 is 45.5 Å². The molecule has 0 aliphatic carbocycles. The van der Waals surface area contributed by atoms with Gasteiger partial charge in [0.05, 0.1) is 16.4 Å². The topological polar surface area (TPSA) is 47.0 Å². The molecule has 0 radical (unpaired) electrons. The second-order valence-electron chi connectivity index (χ2n) is 8.36. The Morgan fingerprint density at radius 3 is 2.43 bits per heavy atom. The predicted molar refractivity (Wildman–Crippen MR) is 146 cm³/mol. The fourth-order valence-corrected chi connectivity index (χ4v) is 4.96. The van der Waals surface area contributed by atoms with E-state index < -0.39 is 27.4 Å². The quantitative estimate of drug-likeness (QED) is 0.112. The molecule has 0 amide bonds. The van der Waals surface area contributed by atoms with Crippen molar-refractivity contribution in [3.8, 4) is 5.75 Å². The van der Waals surface area contributed by atoms with Gasteiger partial charge in [-0.05, 0) is 71.8 Å². The zero-order valence-electron chi connectivity index (χ0n) is 19.6. The van der Waals surface area contributed by atoms with E-state index in [2.05, 4.69) is 20.0 Å². The molecule has 2 heterocycles. The minimum Gasteiger partial charge on any atom is -0.430 e. The van der Waals surface area contributed by atoms with Crippen molar-refractivity contribution in [3.05, 3.63) is 105 Å². The lowest BCUT2D eigenvalue weighted by atomic mass is 9.80. The zero-order chi connectivity index (χ0) is 26.8. The summed E-state index contributed by atoms with van der Waals surface area (Å²) in [6.45, 7) is 3.79. The molecule has 4 nitrogen and oxygen atoms in total. The van der Waals surface area contributed by atoms with Crippen molar-refractivity contribution in [2.75, 3.05) is 5.32 Å². The molecular formula is C26H21ClF4IN3OS. The summed E-state index contributed by atoms with van der Waals surface area (Å²) in [5.41, 5.74) is 1.03. The predicted octanol–water partition coefficient (Wildman–Crippen LogP) is 8.25. The average Bonchev–Trinajstić information content (AvgIpc) is 3.15. The van der Waals surface area contributed by atoms with Crippen molar-refractivity contribution < 1.29 is 22.3 Å². The van der Waals surface area contributed by atoms with Crippen LogP contribution in [0.3, 0.4) is 0 Å². The van der Waals surface area contributed by atoms with Crippen molar-refractivity contribution in [2.24, 2.45) is 0 Å². The number of rotatable bonds is 9. The lowest BCUT2D eigenvalue weighted by Crippen LogP contribution is -2.40. The Morgan fingerprint density at radius 2 is 1.84 bits per heavy atom. The van der Waals surface area contributed by atoms with Gasteiger partial charge in [0, 0.05) is 23.6 Å². The molecule has 2 unspecified atom stereocenters. The molecule has 11 heteroatoms. The van der Waals surface area contributed by atoms with Crippen LogP contribution in [0.1, 0.15) is 27.4 Å². The molecule has 0 saturated heterocycles. The first-order chi connectivity index (χ1) is 17.5. The molecule has 4 rings (SSSR count). The Bertz CT molecular complexity index is 1350. The number of pyridine rings is 1. The van der Waals surface area contributed by atoms with Crippen LogP contribution in [0.4, 0.5) is 22.7 Å². The van der Waals surface area contributed by atoms with Gasteiger partial charge in [-0.2, -0.15) is 8.78 Å². The number of alkyl halides is 4. The Balaban J connectivity index is 1.95. The van der Waals surface area contributed by atoms with Crippen molar-refractivity contribution in [1.29, 1.82) is 0 Å². The van der Waals surface area contributed by atoms with Gasteiger partial charge in [0.2, 0.25) is 0 Å². The molecule has 4 aromatic rings. The van der Waals surface area contributed by atoms with Gasteiger partial charge in [-0.25, -0.2) is 13.8 Å². The molecular weight excluding hydrogens is 641 g/mol. The highest BCUT2D eigenvalue weighted by molar-refractivity contribution is 14.1. The van der Waals surface area contributed by atoms with E-state index >= 15 is 0 Å². The van der Waals surface area contributed by atoms with Crippen molar-refractivity contribution >= 4 is 50.7 Å².